The van der Waals surface area contributed by atoms with Crippen LogP contribution in [-0.4, -0.2) is 47.4 Å². The number of unbranched alkanes of at least 4 members (excludes halogenated alkanes) is 33. The normalized spacial score (nSPS) is 13.1. The summed E-state index contributed by atoms with van der Waals surface area (Å²) in [5, 5.41) is 22.9. The molecule has 0 fully saturated rings. The molecule has 0 radical (unpaired) electrons. The zero-order chi connectivity index (χ0) is 47.9. The maximum Gasteiger partial charge on any atom is 0.305 e. The molecule has 0 aliphatic carbocycles. The van der Waals surface area contributed by atoms with E-state index in [0.717, 1.165) is 70.6 Å². The van der Waals surface area contributed by atoms with E-state index in [1.165, 1.54) is 186 Å². The molecule has 0 rings (SSSR count). The number of hydrogen-bond donors (Lipinski definition) is 3. The standard InChI is InChI=1S/C60H109NO5/c1-3-5-7-9-11-13-14-15-16-24-28-31-34-38-42-46-50-54-60(65)66-55-51-47-43-39-35-32-29-26-23-21-19-17-18-20-22-25-27-30-33-37-41-45-49-53-59(64)61-57(56-62)58(63)52-48-44-40-36-12-10-8-6-4-2/h11,13,15-17,19-20,22,48,52,57-58,62-63H,3-10,12,14,18,21,23-47,49-51,53-56H2,1-2H3,(H,61,64)/b13-11-,16-15-,19-17-,22-20-,52-48+. The molecule has 0 aromatic carbocycles. The molecule has 0 aromatic rings. The van der Waals surface area contributed by atoms with Gasteiger partial charge in [-0.15, -0.1) is 0 Å². The Bertz CT molecular complexity index is 1160. The third-order valence-electron chi connectivity index (χ3n) is 12.8. The molecule has 0 spiro atoms. The summed E-state index contributed by atoms with van der Waals surface area (Å²) in [6.07, 6.45) is 71.1. The molecule has 0 aliphatic heterocycles. The lowest BCUT2D eigenvalue weighted by Crippen LogP contribution is -2.45. The largest absolute Gasteiger partial charge is 0.466 e. The summed E-state index contributed by atoms with van der Waals surface area (Å²) in [6.45, 7) is 4.83. The van der Waals surface area contributed by atoms with Crippen LogP contribution >= 0.6 is 0 Å². The van der Waals surface area contributed by atoms with Crippen molar-refractivity contribution in [1.82, 2.24) is 5.32 Å². The fourth-order valence-electron chi connectivity index (χ4n) is 8.34. The van der Waals surface area contributed by atoms with Gasteiger partial charge in [-0.3, -0.25) is 9.59 Å². The predicted molar refractivity (Wildman–Crippen MR) is 287 cm³/mol. The van der Waals surface area contributed by atoms with Crippen LogP contribution in [0.4, 0.5) is 0 Å². The SMILES string of the molecule is CCCCC/C=C\C/C=C\CCCCCCCCCC(=O)OCCCCCCCCCCC/C=C\C/C=C\CCCCCCCCCC(=O)NC(CO)C(O)/C=C/CCCCCCCCC. The zero-order valence-corrected chi connectivity index (χ0v) is 43.7. The van der Waals surface area contributed by atoms with E-state index in [1.54, 1.807) is 6.08 Å². The summed E-state index contributed by atoms with van der Waals surface area (Å²) in [4.78, 5) is 24.4. The van der Waals surface area contributed by atoms with Gasteiger partial charge in [-0.05, 0) is 96.3 Å². The fourth-order valence-corrected chi connectivity index (χ4v) is 8.34. The van der Waals surface area contributed by atoms with Crippen molar-refractivity contribution in [3.63, 3.8) is 0 Å². The van der Waals surface area contributed by atoms with E-state index in [2.05, 4.69) is 67.8 Å². The van der Waals surface area contributed by atoms with Crippen molar-refractivity contribution in [2.24, 2.45) is 0 Å². The Morgan fingerprint density at radius 2 is 0.758 bits per heavy atom. The molecule has 2 atom stereocenters. The summed E-state index contributed by atoms with van der Waals surface area (Å²) in [7, 11) is 0. The van der Waals surface area contributed by atoms with Crippen LogP contribution in [0.2, 0.25) is 0 Å². The summed E-state index contributed by atoms with van der Waals surface area (Å²) in [5.41, 5.74) is 0. The summed E-state index contributed by atoms with van der Waals surface area (Å²) in [5.74, 6) is -0.0848. The second-order valence-electron chi connectivity index (χ2n) is 19.3. The van der Waals surface area contributed by atoms with Crippen LogP contribution in [-0.2, 0) is 14.3 Å². The van der Waals surface area contributed by atoms with Crippen molar-refractivity contribution in [3.05, 3.63) is 60.8 Å². The molecule has 6 nitrogen and oxygen atoms in total. The van der Waals surface area contributed by atoms with Crippen LogP contribution in [0, 0.1) is 0 Å². The van der Waals surface area contributed by atoms with Crippen molar-refractivity contribution in [1.29, 1.82) is 0 Å². The molecule has 384 valence electrons. The quantitative estimate of drug-likeness (QED) is 0.0321. The van der Waals surface area contributed by atoms with Crippen molar-refractivity contribution >= 4 is 11.9 Å². The Hall–Kier alpha value is -2.44. The molecule has 6 heteroatoms. The smallest absolute Gasteiger partial charge is 0.305 e. The van der Waals surface area contributed by atoms with Gasteiger partial charge < -0.3 is 20.3 Å². The monoisotopic (exact) mass is 924 g/mol. The number of aliphatic hydroxyl groups excluding tert-OH is 2. The molecule has 1 amide bonds. The van der Waals surface area contributed by atoms with Gasteiger partial charge in [0.1, 0.15) is 0 Å². The maximum atomic E-state index is 12.4. The van der Waals surface area contributed by atoms with E-state index in [9.17, 15) is 19.8 Å². The van der Waals surface area contributed by atoms with Crippen LogP contribution in [0.3, 0.4) is 0 Å². The van der Waals surface area contributed by atoms with E-state index >= 15 is 0 Å². The van der Waals surface area contributed by atoms with Crippen molar-refractivity contribution in [2.45, 2.75) is 296 Å². The minimum Gasteiger partial charge on any atom is -0.466 e. The van der Waals surface area contributed by atoms with E-state index in [-0.39, 0.29) is 18.5 Å². The first-order valence-electron chi connectivity index (χ1n) is 28.6. The molecule has 0 bridgehead atoms. The molecule has 2 unspecified atom stereocenters. The van der Waals surface area contributed by atoms with Crippen LogP contribution in [0.25, 0.3) is 0 Å². The summed E-state index contributed by atoms with van der Waals surface area (Å²) < 4.78 is 5.48. The van der Waals surface area contributed by atoms with E-state index in [1.807, 2.05) is 6.08 Å². The Kier molecular flexibility index (Phi) is 53.1. The molecule has 0 saturated heterocycles. The van der Waals surface area contributed by atoms with Crippen molar-refractivity contribution in [3.8, 4) is 0 Å². The number of hydrogen-bond acceptors (Lipinski definition) is 5. The number of carbonyl (C=O) groups excluding carboxylic acids is 2. The Morgan fingerprint density at radius 3 is 1.18 bits per heavy atom. The minimum absolute atomic E-state index is 0.00232. The topological polar surface area (TPSA) is 95.9 Å². The Labute approximate surface area is 409 Å². The Balaban J connectivity index is 3.45. The third-order valence-corrected chi connectivity index (χ3v) is 12.8. The first-order chi connectivity index (χ1) is 32.5. The van der Waals surface area contributed by atoms with E-state index in [4.69, 9.17) is 4.74 Å². The second kappa shape index (κ2) is 55.2. The number of amides is 1. The highest BCUT2D eigenvalue weighted by atomic mass is 16.5. The Morgan fingerprint density at radius 1 is 0.424 bits per heavy atom. The molecule has 0 saturated carbocycles. The minimum atomic E-state index is -0.850. The van der Waals surface area contributed by atoms with Gasteiger partial charge in [0.15, 0.2) is 0 Å². The van der Waals surface area contributed by atoms with Gasteiger partial charge in [0.05, 0.1) is 25.4 Å². The van der Waals surface area contributed by atoms with Crippen LogP contribution < -0.4 is 5.32 Å². The van der Waals surface area contributed by atoms with Gasteiger partial charge in [-0.2, -0.15) is 0 Å². The van der Waals surface area contributed by atoms with Gasteiger partial charge in [-0.25, -0.2) is 0 Å². The van der Waals surface area contributed by atoms with Gasteiger partial charge >= 0.3 is 5.97 Å². The fraction of sp³-hybridized carbons (Fsp3) is 0.800. The molecule has 66 heavy (non-hydrogen) atoms. The lowest BCUT2D eigenvalue weighted by molar-refractivity contribution is -0.143. The van der Waals surface area contributed by atoms with Crippen molar-refractivity contribution in [2.75, 3.05) is 13.2 Å². The predicted octanol–water partition coefficient (Wildman–Crippen LogP) is 17.6. The molecular weight excluding hydrogens is 815 g/mol. The average Bonchev–Trinajstić information content (AvgIpc) is 3.32. The number of allylic oxidation sites excluding steroid dienone is 9. The highest BCUT2D eigenvalue weighted by Crippen LogP contribution is 2.15. The van der Waals surface area contributed by atoms with E-state index < -0.39 is 12.1 Å². The van der Waals surface area contributed by atoms with Crippen LogP contribution in [0.5, 0.6) is 0 Å². The molecule has 3 N–H and O–H groups in total. The molecule has 0 aliphatic rings. The van der Waals surface area contributed by atoms with Gasteiger partial charge in [0.2, 0.25) is 5.91 Å². The molecule has 0 heterocycles. The lowest BCUT2D eigenvalue weighted by atomic mass is 10.1. The van der Waals surface area contributed by atoms with Gasteiger partial charge in [0.25, 0.3) is 0 Å². The summed E-state index contributed by atoms with van der Waals surface area (Å²) in [6, 6.07) is -0.634. The maximum absolute atomic E-state index is 12.4. The number of esters is 1. The number of rotatable bonds is 52. The lowest BCUT2D eigenvalue weighted by Gasteiger charge is -2.20. The van der Waals surface area contributed by atoms with E-state index in [0.29, 0.717) is 19.4 Å². The molecular formula is C60H109NO5. The zero-order valence-electron chi connectivity index (χ0n) is 43.7. The molecule has 0 aromatic heterocycles. The van der Waals surface area contributed by atoms with Gasteiger partial charge in [0, 0.05) is 12.8 Å². The highest BCUT2D eigenvalue weighted by molar-refractivity contribution is 5.76. The number of aliphatic hydroxyl groups is 2. The van der Waals surface area contributed by atoms with Crippen LogP contribution in [0.1, 0.15) is 284 Å². The highest BCUT2D eigenvalue weighted by Gasteiger charge is 2.18. The summed E-state index contributed by atoms with van der Waals surface area (Å²) >= 11 is 0. The van der Waals surface area contributed by atoms with Gasteiger partial charge in [-0.1, -0.05) is 235 Å². The number of carbonyl (C=O) groups is 2. The van der Waals surface area contributed by atoms with Crippen molar-refractivity contribution < 1.29 is 24.5 Å². The first kappa shape index (κ1) is 63.6. The first-order valence-corrected chi connectivity index (χ1v) is 28.6. The third kappa shape index (κ3) is 51.0. The number of ether oxygens (including phenoxy) is 1. The second-order valence-corrected chi connectivity index (χ2v) is 19.3. The van der Waals surface area contributed by atoms with Crippen LogP contribution in [0.15, 0.2) is 60.8 Å². The average molecular weight is 925 g/mol. The number of nitrogens with one attached hydrogen (secondary N) is 1.